The molecule has 0 saturated carbocycles. The maximum absolute atomic E-state index is 12.0. The molecule has 3 heterocycles. The number of hydrogen-bond acceptors (Lipinski definition) is 5. The molecule has 8 heteroatoms. The molecule has 144 valence electrons. The van der Waals surface area contributed by atoms with E-state index in [1.807, 2.05) is 0 Å². The summed E-state index contributed by atoms with van der Waals surface area (Å²) in [5, 5.41) is 1.04. The smallest absolute Gasteiger partial charge is 0.331 e. The van der Waals surface area contributed by atoms with Crippen molar-refractivity contribution < 1.29 is 19.0 Å². The van der Waals surface area contributed by atoms with Crippen LogP contribution in [0, 0.1) is 0 Å². The van der Waals surface area contributed by atoms with Gasteiger partial charge in [-0.05, 0) is 35.9 Å². The highest BCUT2D eigenvalue weighted by molar-refractivity contribution is 6.32. The van der Waals surface area contributed by atoms with Crippen LogP contribution in [0.1, 0.15) is 17.7 Å². The highest BCUT2D eigenvalue weighted by atomic mass is 35.5. The van der Waals surface area contributed by atoms with Crippen molar-refractivity contribution >= 4 is 40.9 Å². The maximum Gasteiger partial charge on any atom is 0.331 e. The van der Waals surface area contributed by atoms with Crippen LogP contribution in [0.15, 0.2) is 42.7 Å². The average Bonchev–Trinajstić information content (AvgIpc) is 2.91. The quantitative estimate of drug-likeness (QED) is 0.459. The van der Waals surface area contributed by atoms with E-state index in [4.69, 9.17) is 37.4 Å². The van der Waals surface area contributed by atoms with Crippen molar-refractivity contribution in [2.24, 2.45) is 0 Å². The van der Waals surface area contributed by atoms with E-state index < -0.39 is 5.97 Å². The summed E-state index contributed by atoms with van der Waals surface area (Å²) in [7, 11) is 0. The minimum absolute atomic E-state index is 0.0599. The van der Waals surface area contributed by atoms with Gasteiger partial charge in [-0.2, -0.15) is 0 Å². The van der Waals surface area contributed by atoms with Crippen molar-refractivity contribution in [2.45, 2.75) is 13.0 Å². The zero-order valence-corrected chi connectivity index (χ0v) is 16.2. The fraction of sp³-hybridized carbons (Fsp3) is 0.200. The summed E-state index contributed by atoms with van der Waals surface area (Å²) in [5.74, 6) is 0.616. The van der Waals surface area contributed by atoms with Gasteiger partial charge in [-0.25, -0.2) is 9.78 Å². The number of esters is 1. The third-order valence-corrected chi connectivity index (χ3v) is 4.57. The van der Waals surface area contributed by atoms with Crippen molar-refractivity contribution in [2.75, 3.05) is 13.2 Å². The number of nitrogens with zero attached hydrogens (tertiary/aromatic N) is 2. The predicted octanol–water partition coefficient (Wildman–Crippen LogP) is 4.56. The lowest BCUT2D eigenvalue weighted by Gasteiger charge is -2.09. The Hall–Kier alpha value is -2.70. The van der Waals surface area contributed by atoms with Gasteiger partial charge in [0.25, 0.3) is 0 Å². The number of pyridine rings is 1. The number of hydrogen-bond donors (Lipinski definition) is 0. The maximum atomic E-state index is 12.0. The van der Waals surface area contributed by atoms with E-state index >= 15 is 0 Å². The van der Waals surface area contributed by atoms with E-state index in [-0.39, 0.29) is 6.61 Å². The van der Waals surface area contributed by atoms with E-state index in [1.165, 1.54) is 6.08 Å². The summed E-state index contributed by atoms with van der Waals surface area (Å²) in [6.07, 6.45) is 7.25. The Morgan fingerprint density at radius 3 is 2.96 bits per heavy atom. The Morgan fingerprint density at radius 1 is 1.21 bits per heavy atom. The normalized spacial score (nSPS) is 13.6. The van der Waals surface area contributed by atoms with Crippen molar-refractivity contribution in [3.8, 4) is 11.5 Å². The average molecular weight is 419 g/mol. The number of halogens is 2. The molecule has 4 rings (SSSR count). The first-order valence-corrected chi connectivity index (χ1v) is 9.41. The molecule has 0 amide bonds. The zero-order valence-electron chi connectivity index (χ0n) is 14.7. The van der Waals surface area contributed by atoms with E-state index in [9.17, 15) is 4.79 Å². The summed E-state index contributed by atoms with van der Waals surface area (Å²) < 4.78 is 18.3. The van der Waals surface area contributed by atoms with Crippen LogP contribution < -0.4 is 9.47 Å². The lowest BCUT2D eigenvalue weighted by molar-refractivity contribution is -0.139. The highest BCUT2D eigenvalue weighted by Gasteiger charge is 2.15. The monoisotopic (exact) mass is 418 g/mol. The van der Waals surface area contributed by atoms with Crippen molar-refractivity contribution in [3.05, 3.63) is 64.0 Å². The van der Waals surface area contributed by atoms with Crippen LogP contribution in [-0.4, -0.2) is 28.6 Å². The second kappa shape index (κ2) is 8.12. The molecule has 0 spiro atoms. The van der Waals surface area contributed by atoms with Crippen LogP contribution >= 0.6 is 23.2 Å². The number of imidazole rings is 1. The summed E-state index contributed by atoms with van der Waals surface area (Å²) in [6.45, 7) is 1.18. The second-order valence-corrected chi connectivity index (χ2v) is 7.01. The molecule has 1 aliphatic heterocycles. The van der Waals surface area contributed by atoms with Crippen LogP contribution in [0.4, 0.5) is 0 Å². The van der Waals surface area contributed by atoms with Gasteiger partial charge in [0.2, 0.25) is 0 Å². The molecule has 0 unspecified atom stereocenters. The molecule has 0 aliphatic carbocycles. The number of carbonyl (C=O) groups excluding carboxylic acids is 1. The van der Waals surface area contributed by atoms with Gasteiger partial charge in [0, 0.05) is 24.9 Å². The molecule has 6 nitrogen and oxygen atoms in total. The van der Waals surface area contributed by atoms with Gasteiger partial charge in [0.15, 0.2) is 11.5 Å². The largest absolute Gasteiger partial charge is 0.489 e. The second-order valence-electron chi connectivity index (χ2n) is 6.17. The summed E-state index contributed by atoms with van der Waals surface area (Å²) in [5.41, 5.74) is 2.07. The summed E-state index contributed by atoms with van der Waals surface area (Å²) in [4.78, 5) is 16.4. The molecule has 28 heavy (non-hydrogen) atoms. The molecular formula is C20H16Cl2N2O4. The molecule has 0 radical (unpaired) electrons. The lowest BCUT2D eigenvalue weighted by atomic mass is 10.2. The number of carbonyl (C=O) groups is 1. The molecule has 0 N–H and O–H groups in total. The topological polar surface area (TPSA) is 62.1 Å². The Bertz CT molecular complexity index is 1060. The third-order valence-electron chi connectivity index (χ3n) is 4.06. The van der Waals surface area contributed by atoms with Crippen LogP contribution in [-0.2, 0) is 16.1 Å². The van der Waals surface area contributed by atoms with Gasteiger partial charge in [-0.1, -0.05) is 23.2 Å². The molecule has 1 aliphatic rings. The standard InChI is InChI=1S/C20H16Cl2N2O4/c21-14-3-4-18-23-15(11-24(18)10-14)12-28-19(25)5-2-13-8-16(22)20-17(9-13)26-6-1-7-27-20/h2-5,8-11H,1,6-7,12H2. The van der Waals surface area contributed by atoms with Gasteiger partial charge >= 0.3 is 5.97 Å². The van der Waals surface area contributed by atoms with E-state index in [0.717, 1.165) is 12.1 Å². The minimum atomic E-state index is -0.488. The Morgan fingerprint density at radius 2 is 2.07 bits per heavy atom. The van der Waals surface area contributed by atoms with Gasteiger partial charge in [-0.15, -0.1) is 0 Å². The fourth-order valence-electron chi connectivity index (χ4n) is 2.79. The molecule has 0 fully saturated rings. The van der Waals surface area contributed by atoms with Gasteiger partial charge in [0.05, 0.1) is 29.0 Å². The van der Waals surface area contributed by atoms with Crippen molar-refractivity contribution in [1.29, 1.82) is 0 Å². The minimum Gasteiger partial charge on any atom is -0.489 e. The zero-order chi connectivity index (χ0) is 19.5. The third kappa shape index (κ3) is 4.24. The molecule has 3 aromatic rings. The lowest BCUT2D eigenvalue weighted by Crippen LogP contribution is -2.01. The Balaban J connectivity index is 1.41. The number of aromatic nitrogens is 2. The Labute approximate surface area is 171 Å². The fourth-order valence-corrected chi connectivity index (χ4v) is 3.23. The highest BCUT2D eigenvalue weighted by Crippen LogP contribution is 2.38. The predicted molar refractivity (Wildman–Crippen MR) is 106 cm³/mol. The van der Waals surface area contributed by atoms with Crippen LogP contribution in [0.3, 0.4) is 0 Å². The van der Waals surface area contributed by atoms with Crippen LogP contribution in [0.5, 0.6) is 11.5 Å². The van der Waals surface area contributed by atoms with Gasteiger partial charge < -0.3 is 18.6 Å². The molecular weight excluding hydrogens is 403 g/mol. The van der Waals surface area contributed by atoms with E-state index in [1.54, 1.807) is 47.1 Å². The summed E-state index contributed by atoms with van der Waals surface area (Å²) >= 11 is 12.2. The molecule has 1 aromatic carbocycles. The number of rotatable bonds is 4. The van der Waals surface area contributed by atoms with Gasteiger partial charge in [0.1, 0.15) is 12.3 Å². The van der Waals surface area contributed by atoms with Crippen molar-refractivity contribution in [3.63, 3.8) is 0 Å². The van der Waals surface area contributed by atoms with Gasteiger partial charge in [-0.3, -0.25) is 0 Å². The van der Waals surface area contributed by atoms with E-state index in [0.29, 0.717) is 46.0 Å². The SMILES string of the molecule is O=C(C=Cc1cc(Cl)c2c(c1)OCCCO2)OCc1cn2cc(Cl)ccc2n1. The first-order chi connectivity index (χ1) is 13.6. The molecule has 0 saturated heterocycles. The van der Waals surface area contributed by atoms with Crippen LogP contribution in [0.25, 0.3) is 11.7 Å². The van der Waals surface area contributed by atoms with E-state index in [2.05, 4.69) is 4.98 Å². The first kappa shape index (κ1) is 18.7. The Kier molecular flexibility index (Phi) is 5.41. The first-order valence-electron chi connectivity index (χ1n) is 8.65. The summed E-state index contributed by atoms with van der Waals surface area (Å²) in [6, 6.07) is 7.04. The molecule has 2 aromatic heterocycles. The molecule has 0 atom stereocenters. The molecule has 0 bridgehead atoms. The number of benzene rings is 1. The van der Waals surface area contributed by atoms with Crippen LogP contribution in [0.2, 0.25) is 10.0 Å². The van der Waals surface area contributed by atoms with Crippen molar-refractivity contribution in [1.82, 2.24) is 9.38 Å². The number of fused-ring (bicyclic) bond motifs is 2. The number of ether oxygens (including phenoxy) is 3.